The first kappa shape index (κ1) is 14.1. The molecule has 1 unspecified atom stereocenters. The second-order valence-electron chi connectivity index (χ2n) is 3.68. The highest BCUT2D eigenvalue weighted by molar-refractivity contribution is 9.10. The van der Waals surface area contributed by atoms with Crippen molar-refractivity contribution in [2.24, 2.45) is 0 Å². The number of aliphatic hydroxyl groups excluding tert-OH is 1. The summed E-state index contributed by atoms with van der Waals surface area (Å²) in [5.74, 6) is 0.201. The zero-order valence-electron chi connectivity index (χ0n) is 9.15. The van der Waals surface area contributed by atoms with Crippen molar-refractivity contribution in [3.8, 4) is 0 Å². The largest absolute Gasteiger partial charge is 0.390 e. The van der Waals surface area contributed by atoms with E-state index in [1.165, 1.54) is 0 Å². The molecule has 0 radical (unpaired) electrons. The molecule has 0 aliphatic heterocycles. The number of aliphatic hydroxyl groups is 1. The summed E-state index contributed by atoms with van der Waals surface area (Å²) in [6, 6.07) is 1.90. The van der Waals surface area contributed by atoms with Gasteiger partial charge in [-0.25, -0.2) is 0 Å². The van der Waals surface area contributed by atoms with Gasteiger partial charge in [0, 0.05) is 11.0 Å². The number of halogens is 3. The monoisotopic (exact) mass is 325 g/mol. The van der Waals surface area contributed by atoms with Gasteiger partial charge in [-0.2, -0.15) is 0 Å². The van der Waals surface area contributed by atoms with Crippen molar-refractivity contribution in [3.63, 3.8) is 0 Å². The van der Waals surface area contributed by atoms with Gasteiger partial charge >= 0.3 is 0 Å². The average Bonchev–Trinajstić information content (AvgIpc) is 2.25. The van der Waals surface area contributed by atoms with Crippen molar-refractivity contribution in [2.45, 2.75) is 20.0 Å². The number of alkyl halides is 1. The summed E-state index contributed by atoms with van der Waals surface area (Å²) in [5, 5.41) is 13.1. The molecule has 1 rings (SSSR count). The molecule has 0 saturated heterocycles. The van der Waals surface area contributed by atoms with E-state index in [4.69, 9.17) is 23.2 Å². The number of rotatable bonds is 4. The number of aryl methyl sites for hydroxylation is 1. The summed E-state index contributed by atoms with van der Waals surface area (Å²) < 4.78 is 0.930. The molecule has 90 valence electrons. The second-order valence-corrected chi connectivity index (χ2v) is 5.19. The summed E-state index contributed by atoms with van der Waals surface area (Å²) in [6.07, 6.45) is -0.578. The number of hydrogen-bond donors (Lipinski definition) is 2. The van der Waals surface area contributed by atoms with Crippen LogP contribution in [-0.2, 0) is 0 Å². The lowest BCUT2D eigenvalue weighted by molar-refractivity contribution is 0.211. The fourth-order valence-corrected chi connectivity index (χ4v) is 2.49. The number of anilines is 1. The van der Waals surface area contributed by atoms with Crippen LogP contribution >= 0.6 is 39.1 Å². The highest BCUT2D eigenvalue weighted by Crippen LogP contribution is 2.35. The van der Waals surface area contributed by atoms with Gasteiger partial charge in [-0.1, -0.05) is 11.6 Å². The minimum Gasteiger partial charge on any atom is -0.390 e. The van der Waals surface area contributed by atoms with Crippen molar-refractivity contribution in [3.05, 3.63) is 26.7 Å². The van der Waals surface area contributed by atoms with Gasteiger partial charge < -0.3 is 10.4 Å². The van der Waals surface area contributed by atoms with E-state index < -0.39 is 6.10 Å². The van der Waals surface area contributed by atoms with Crippen molar-refractivity contribution in [1.82, 2.24) is 0 Å². The summed E-state index contributed by atoms with van der Waals surface area (Å²) in [4.78, 5) is 0. The predicted molar refractivity (Wildman–Crippen MR) is 73.8 cm³/mol. The van der Waals surface area contributed by atoms with Crippen molar-refractivity contribution >= 4 is 44.8 Å². The van der Waals surface area contributed by atoms with E-state index in [9.17, 15) is 5.11 Å². The minimum absolute atomic E-state index is 0.201. The highest BCUT2D eigenvalue weighted by atomic mass is 79.9. The zero-order chi connectivity index (χ0) is 12.3. The minimum atomic E-state index is -0.578. The van der Waals surface area contributed by atoms with Crippen LogP contribution in [0.3, 0.4) is 0 Å². The second kappa shape index (κ2) is 6.10. The maximum absolute atomic E-state index is 9.37. The number of benzene rings is 1. The molecule has 0 aliphatic rings. The molecule has 0 bridgehead atoms. The van der Waals surface area contributed by atoms with Crippen molar-refractivity contribution in [1.29, 1.82) is 0 Å². The maximum atomic E-state index is 9.37. The molecule has 0 aliphatic carbocycles. The molecular weight excluding hydrogens is 313 g/mol. The first-order valence-electron chi connectivity index (χ1n) is 4.90. The lowest BCUT2D eigenvalue weighted by Gasteiger charge is -2.16. The molecule has 0 fully saturated rings. The van der Waals surface area contributed by atoms with Crippen molar-refractivity contribution < 1.29 is 5.11 Å². The molecule has 1 atom stereocenters. The summed E-state index contributed by atoms with van der Waals surface area (Å²) in [5.41, 5.74) is 3.06. The molecule has 0 aromatic heterocycles. The third-order valence-electron chi connectivity index (χ3n) is 2.41. The quantitative estimate of drug-likeness (QED) is 0.826. The van der Waals surface area contributed by atoms with Gasteiger partial charge in [0.1, 0.15) is 0 Å². The molecule has 1 aromatic carbocycles. The third-order valence-corrected chi connectivity index (χ3v) is 4.06. The van der Waals surface area contributed by atoms with Crippen LogP contribution in [0.15, 0.2) is 10.5 Å². The number of hydrogen-bond acceptors (Lipinski definition) is 2. The fraction of sp³-hybridized carbons (Fsp3) is 0.455. The van der Waals surface area contributed by atoms with Crippen LogP contribution in [0.5, 0.6) is 0 Å². The van der Waals surface area contributed by atoms with E-state index in [1.807, 2.05) is 19.9 Å². The van der Waals surface area contributed by atoms with Crippen LogP contribution < -0.4 is 5.32 Å². The standard InChI is InChI=1S/C11H14BrCl2NO/c1-6-3-9(14)11(10(12)7(6)2)15-5-8(16)4-13/h3,8,15-16H,4-5H2,1-2H3. The van der Waals surface area contributed by atoms with Crippen LogP contribution in [0.25, 0.3) is 0 Å². The van der Waals surface area contributed by atoms with E-state index in [1.54, 1.807) is 0 Å². The summed E-state index contributed by atoms with van der Waals surface area (Å²) in [7, 11) is 0. The molecule has 0 heterocycles. The van der Waals surface area contributed by atoms with E-state index in [-0.39, 0.29) is 5.88 Å². The van der Waals surface area contributed by atoms with E-state index in [0.29, 0.717) is 11.6 Å². The molecular formula is C11H14BrCl2NO. The Hall–Kier alpha value is 0.0400. The van der Waals surface area contributed by atoms with Crippen LogP contribution in [0.2, 0.25) is 5.02 Å². The Morgan fingerprint density at radius 1 is 1.50 bits per heavy atom. The molecule has 0 amide bonds. The van der Waals surface area contributed by atoms with Crippen LogP contribution in [0.4, 0.5) is 5.69 Å². The Kier molecular flexibility index (Phi) is 5.38. The molecule has 5 heteroatoms. The number of nitrogens with one attached hydrogen (secondary N) is 1. The normalized spacial score (nSPS) is 12.6. The lowest BCUT2D eigenvalue weighted by Crippen LogP contribution is -2.21. The van der Waals surface area contributed by atoms with Gasteiger partial charge in [0.25, 0.3) is 0 Å². The first-order valence-corrected chi connectivity index (χ1v) is 6.61. The van der Waals surface area contributed by atoms with Gasteiger partial charge in [0.2, 0.25) is 0 Å². The zero-order valence-corrected chi connectivity index (χ0v) is 12.2. The average molecular weight is 327 g/mol. The Morgan fingerprint density at radius 2 is 2.12 bits per heavy atom. The first-order chi connectivity index (χ1) is 7.47. The van der Waals surface area contributed by atoms with E-state index >= 15 is 0 Å². The molecule has 0 spiro atoms. The van der Waals surface area contributed by atoms with Crippen LogP contribution in [0, 0.1) is 13.8 Å². The van der Waals surface area contributed by atoms with Gasteiger partial charge in [0.15, 0.2) is 0 Å². The Labute approximate surface area is 114 Å². The molecule has 2 N–H and O–H groups in total. The van der Waals surface area contributed by atoms with Gasteiger partial charge in [-0.05, 0) is 47.0 Å². The lowest BCUT2D eigenvalue weighted by atomic mass is 10.1. The topological polar surface area (TPSA) is 32.3 Å². The van der Waals surface area contributed by atoms with Gasteiger partial charge in [-0.3, -0.25) is 0 Å². The molecule has 16 heavy (non-hydrogen) atoms. The van der Waals surface area contributed by atoms with E-state index in [0.717, 1.165) is 21.3 Å². The maximum Gasteiger partial charge on any atom is 0.0847 e. The Bertz CT molecular complexity index is 385. The Morgan fingerprint density at radius 3 is 2.69 bits per heavy atom. The van der Waals surface area contributed by atoms with Gasteiger partial charge in [-0.15, -0.1) is 11.6 Å². The van der Waals surface area contributed by atoms with Crippen LogP contribution in [0.1, 0.15) is 11.1 Å². The smallest absolute Gasteiger partial charge is 0.0847 e. The molecule has 2 nitrogen and oxygen atoms in total. The van der Waals surface area contributed by atoms with Crippen LogP contribution in [-0.4, -0.2) is 23.6 Å². The SMILES string of the molecule is Cc1cc(Cl)c(NCC(O)CCl)c(Br)c1C. The third kappa shape index (κ3) is 3.27. The summed E-state index contributed by atoms with van der Waals surface area (Å²) in [6.45, 7) is 4.40. The molecule has 0 saturated carbocycles. The summed E-state index contributed by atoms with van der Waals surface area (Å²) >= 11 is 15.1. The van der Waals surface area contributed by atoms with Gasteiger partial charge in [0.05, 0.1) is 22.7 Å². The fourth-order valence-electron chi connectivity index (χ4n) is 1.27. The molecule has 1 aromatic rings. The van der Waals surface area contributed by atoms with Crippen molar-refractivity contribution in [2.75, 3.05) is 17.7 Å². The van der Waals surface area contributed by atoms with E-state index in [2.05, 4.69) is 21.2 Å². The predicted octanol–water partition coefficient (Wildman–Crippen LogP) is 3.73. The highest BCUT2D eigenvalue weighted by Gasteiger charge is 2.11. The Balaban J connectivity index is 2.92.